The summed E-state index contributed by atoms with van der Waals surface area (Å²) in [7, 11) is 0. The predicted molar refractivity (Wildman–Crippen MR) is 497 cm³/mol. The van der Waals surface area contributed by atoms with E-state index < -0.39 is 252 Å². The molecule has 1 fully saturated rings. The van der Waals surface area contributed by atoms with Crippen molar-refractivity contribution < 1.29 is 112 Å². The molecule has 0 aliphatic carbocycles. The number of benzene rings is 2. The number of carbonyl (C=O) groups excluding carboxylic acids is 16. The summed E-state index contributed by atoms with van der Waals surface area (Å²) >= 11 is 8.84. The van der Waals surface area contributed by atoms with Crippen molar-refractivity contribution in [2.45, 2.75) is 272 Å². The fourth-order valence-electron chi connectivity index (χ4n) is 13.8. The number of β-amino-alcohol motifs (C(OH)–C–C–N with tert-alkyl or cyclic N) is 1. The van der Waals surface area contributed by atoms with Crippen molar-refractivity contribution >= 4 is 132 Å². The molecule has 0 aromatic heterocycles. The molecule has 0 saturated carbocycles. The topological polar surface area (TPSA) is 813 Å². The first-order valence-electron chi connectivity index (χ1n) is 44.3. The van der Waals surface area contributed by atoms with E-state index >= 15 is 0 Å². The third kappa shape index (κ3) is 40.1. The van der Waals surface area contributed by atoms with Gasteiger partial charge in [-0.25, -0.2) is 4.79 Å². The van der Waals surface area contributed by atoms with Gasteiger partial charge >= 0.3 is 5.97 Å². The number of aliphatic hydroxyl groups excluding tert-OH is 3. The first-order valence-corrected chi connectivity index (χ1v) is 45.4. The standard InChI is InChI=1S/C84H141N25O23S2/c1-10-43(6)64(106-77(126)61-36-49(114)38-109(61)81(130)63(90)41(2)3)78(127)108-66(84(8,9)134)80(129)102-56(34-45-16-20-47(112)21-17-45)73(122)104-59(39-110)75(124)101-57(37-62(89)115)74(123)96-51(15-13-32-94-83(91)92)68(117)98-54(26-31-88)72(121)107-65(44(7)111)79(128)100-53(25-30-87)70(119)95-50(14-11-12-28-85)67(116)97-52(24-29-86)69(118)99-55(27-33-93-42(4)5)71(120)105-60(40-133)76(125)103-58(82(131)132)35-46-18-22-48(113)23-19-46/h16-23,41-44,49-61,63-66,93,110-114,133-134H,10-15,24-40,85-88,90H2,1-9H3,(H2,89,115)(H,95,119)(H,96,123)(H,97,116)(H,98,117)(H,99,118)(H,100,128)(H,101,124)(H,102,129)(H,103,125)(H,104,122)(H,105,120)(H,106,126)(H,107,121)(H,108,127)(H,131,132)(H4,91,92,94)/t43-,44+,49+,50-,51-,52-,53+,54-,55-,56-,57-,58-,59-,60-,61-,63-,64-,65-,66+/m0/s1. The average molecular weight is 1930 g/mol. The Labute approximate surface area is 788 Å². The van der Waals surface area contributed by atoms with Crippen LogP contribution in [-0.2, 0) is 94.3 Å². The third-order valence-corrected chi connectivity index (χ3v) is 22.4. The van der Waals surface area contributed by atoms with Gasteiger partial charge in [-0.2, -0.15) is 25.3 Å². The lowest BCUT2D eigenvalue weighted by molar-refractivity contribution is -0.142. The van der Waals surface area contributed by atoms with Gasteiger partial charge in [0, 0.05) is 48.9 Å². The minimum atomic E-state index is -2.04. The summed E-state index contributed by atoms with van der Waals surface area (Å²) in [6.07, 6.45) is -5.63. The minimum Gasteiger partial charge on any atom is -0.508 e. The third-order valence-electron chi connectivity index (χ3n) is 21.7. The monoisotopic (exact) mass is 1930 g/mol. The number of nitrogens with one attached hydrogen (secondary N) is 17. The molecule has 1 aliphatic rings. The number of nitrogens with zero attached hydrogens (tertiary/aromatic N) is 1. The van der Waals surface area contributed by atoms with E-state index in [1.165, 1.54) is 62.4 Å². The predicted octanol–water partition coefficient (Wildman–Crippen LogP) is -9.54. The molecule has 19 atom stereocenters. The van der Waals surface area contributed by atoms with Crippen molar-refractivity contribution in [2.24, 2.45) is 52.0 Å². The van der Waals surface area contributed by atoms with Crippen LogP contribution in [0, 0.1) is 17.2 Å². The molecule has 2 aromatic carbocycles. The van der Waals surface area contributed by atoms with Crippen LogP contribution in [0.15, 0.2) is 48.5 Å². The highest BCUT2D eigenvalue weighted by molar-refractivity contribution is 7.81. The Morgan fingerprint density at radius 3 is 1.31 bits per heavy atom. The number of guanidine groups is 1. The number of likely N-dealkylation sites (tertiary alicyclic amines) is 1. The van der Waals surface area contributed by atoms with Crippen LogP contribution in [0.3, 0.4) is 0 Å². The number of thiol groups is 2. The number of phenols is 2. The van der Waals surface area contributed by atoms with Crippen molar-refractivity contribution in [3.8, 4) is 11.5 Å². The molecular formula is C84H141N25O23S2. The Balaban J connectivity index is 1.92. The Kier molecular flexibility index (Phi) is 51.2. The summed E-state index contributed by atoms with van der Waals surface area (Å²) in [6, 6.07) is -14.8. The maximum atomic E-state index is 14.7. The van der Waals surface area contributed by atoms with E-state index in [1.807, 2.05) is 13.8 Å². The average Bonchev–Trinajstić information content (AvgIpc) is 1.59. The summed E-state index contributed by atoms with van der Waals surface area (Å²) in [6.45, 7) is 12.2. The molecule has 134 heavy (non-hydrogen) atoms. The van der Waals surface area contributed by atoms with E-state index in [4.69, 9.17) is 45.5 Å². The number of aliphatic carboxylic acids is 1. The van der Waals surface area contributed by atoms with Crippen LogP contribution in [0.1, 0.15) is 150 Å². The number of aliphatic hydroxyl groups is 3. The summed E-state index contributed by atoms with van der Waals surface area (Å²) < 4.78 is -1.48. The molecule has 16 amide bonds. The van der Waals surface area contributed by atoms with Gasteiger partial charge in [-0.05, 0) is 159 Å². The maximum Gasteiger partial charge on any atom is 0.326 e. The Morgan fingerprint density at radius 1 is 0.493 bits per heavy atom. The van der Waals surface area contributed by atoms with E-state index in [9.17, 15) is 112 Å². The van der Waals surface area contributed by atoms with Crippen LogP contribution in [0.25, 0.3) is 0 Å². The molecule has 50 heteroatoms. The molecule has 0 spiro atoms. The van der Waals surface area contributed by atoms with Crippen molar-refractivity contribution in [1.29, 1.82) is 5.41 Å². The fourth-order valence-corrected chi connectivity index (χ4v) is 14.2. The number of hydrogen-bond donors (Lipinski definition) is 32. The van der Waals surface area contributed by atoms with E-state index in [0.717, 1.165) is 11.8 Å². The van der Waals surface area contributed by atoms with Gasteiger partial charge in [-0.1, -0.05) is 72.2 Å². The second-order valence-electron chi connectivity index (χ2n) is 34.0. The highest BCUT2D eigenvalue weighted by Gasteiger charge is 2.46. The van der Waals surface area contributed by atoms with Gasteiger partial charge in [0.2, 0.25) is 94.5 Å². The van der Waals surface area contributed by atoms with Crippen molar-refractivity contribution in [3.05, 3.63) is 59.7 Å². The Hall–Kier alpha value is -11.4. The van der Waals surface area contributed by atoms with Gasteiger partial charge in [0.25, 0.3) is 0 Å². The van der Waals surface area contributed by atoms with Crippen LogP contribution in [0.4, 0.5) is 0 Å². The van der Waals surface area contributed by atoms with Gasteiger partial charge in [-0.15, -0.1) is 0 Å². The summed E-state index contributed by atoms with van der Waals surface area (Å²) in [5.41, 5.74) is 41.6. The highest BCUT2D eigenvalue weighted by atomic mass is 32.1. The number of amides is 16. The molecule has 0 bridgehead atoms. The summed E-state index contributed by atoms with van der Waals surface area (Å²) in [5.74, 6) is -20.3. The van der Waals surface area contributed by atoms with Crippen molar-refractivity contribution in [3.63, 3.8) is 0 Å². The number of carboxylic acid groups (broad SMARTS) is 1. The highest BCUT2D eigenvalue weighted by Crippen LogP contribution is 2.25. The van der Waals surface area contributed by atoms with Gasteiger partial charge in [-0.3, -0.25) is 82.1 Å². The molecule has 1 saturated heterocycles. The number of nitrogens with two attached hydrogens (primary N) is 7. The van der Waals surface area contributed by atoms with Gasteiger partial charge < -0.3 is 161 Å². The van der Waals surface area contributed by atoms with Crippen LogP contribution in [-0.4, -0.2) is 320 Å². The SMILES string of the molecule is CC[C@H](C)[C@H](NC(=O)[C@@H]1C[C@@H](O)CN1C(=O)[C@@H](N)C(C)C)C(=O)N[C@H](C(=O)N[C@@H](Cc1ccc(O)cc1)C(=O)N[C@@H](CO)C(=O)N[C@@H](CC(N)=O)C(=O)N[C@@H](CCCNC(=N)N)C(=O)N[C@@H](CCN)C(=O)N[C@H](C(=O)N[C@H](CCN)C(=O)N[C@@H](CCCCN)C(=O)N[C@@H](CCN)C(=O)N[C@@H](CCNC(C)C)C(=O)N[C@@H](CS)C(=O)N[C@@H](Cc1ccc(O)cc1)C(=O)O)[C@@H](C)O)C(C)(C)S. The van der Waals surface area contributed by atoms with Crippen molar-refractivity contribution in [2.75, 3.05) is 58.2 Å². The second-order valence-corrected chi connectivity index (χ2v) is 35.6. The number of carbonyl (C=O) groups is 17. The number of aromatic hydroxyl groups is 2. The minimum absolute atomic E-state index is 0.0780. The molecular weight excluding hydrogens is 1790 g/mol. The number of unbranched alkanes of at least 4 members (excludes halogenated alkanes) is 1. The zero-order chi connectivity index (χ0) is 101. The first-order chi connectivity index (χ1) is 63.0. The normalized spacial score (nSPS) is 16.9. The number of primary amides is 1. The number of carboxylic acids is 1. The van der Waals surface area contributed by atoms with Crippen LogP contribution >= 0.6 is 25.3 Å². The number of hydrogen-bond acceptors (Lipinski definition) is 31. The van der Waals surface area contributed by atoms with E-state index in [2.05, 4.69) is 110 Å². The molecule has 1 heterocycles. The van der Waals surface area contributed by atoms with E-state index in [1.54, 1.807) is 27.7 Å². The lowest BCUT2D eigenvalue weighted by Gasteiger charge is -2.34. The fraction of sp³-hybridized carbons (Fsp3) is 0.643. The molecule has 1 aliphatic heterocycles. The number of rotatable bonds is 61. The first kappa shape index (κ1) is 117. The van der Waals surface area contributed by atoms with Gasteiger partial charge in [0.15, 0.2) is 5.96 Å². The van der Waals surface area contributed by atoms with E-state index in [-0.39, 0.29) is 133 Å². The van der Waals surface area contributed by atoms with Gasteiger partial charge in [0.05, 0.1) is 31.3 Å². The van der Waals surface area contributed by atoms with Crippen LogP contribution in [0.5, 0.6) is 11.5 Å². The molecule has 3 rings (SSSR count). The molecule has 752 valence electrons. The Bertz CT molecular complexity index is 4250. The molecule has 37 N–H and O–H groups in total. The molecule has 48 nitrogen and oxygen atoms in total. The second kappa shape index (κ2) is 58.7. The smallest absolute Gasteiger partial charge is 0.326 e. The lowest BCUT2D eigenvalue weighted by Crippen LogP contribution is -2.64. The van der Waals surface area contributed by atoms with E-state index in [0.29, 0.717) is 24.0 Å². The zero-order valence-electron chi connectivity index (χ0n) is 77.0. The lowest BCUT2D eigenvalue weighted by atomic mass is 9.95. The Morgan fingerprint density at radius 2 is 0.888 bits per heavy atom. The zero-order valence-corrected chi connectivity index (χ0v) is 78.8. The summed E-state index contributed by atoms with van der Waals surface area (Å²) in [5, 5.41) is 110. The quantitative estimate of drug-likeness (QED) is 0.0127. The largest absolute Gasteiger partial charge is 0.508 e. The number of phenolic OH excluding ortho intramolecular Hbond substituents is 2. The van der Waals surface area contributed by atoms with Gasteiger partial charge in [0.1, 0.15) is 102 Å². The molecule has 2 aromatic rings. The van der Waals surface area contributed by atoms with Crippen molar-refractivity contribution in [1.82, 2.24) is 90.0 Å². The molecule has 0 radical (unpaired) electrons. The van der Waals surface area contributed by atoms with Crippen LogP contribution < -0.4 is 125 Å². The summed E-state index contributed by atoms with van der Waals surface area (Å²) in [4.78, 5) is 240. The maximum absolute atomic E-state index is 14.7. The van der Waals surface area contributed by atoms with Crippen LogP contribution in [0.2, 0.25) is 0 Å². The molecule has 0 unspecified atom stereocenters.